The maximum Gasteiger partial charge on any atom is 0.278 e. The van der Waals surface area contributed by atoms with Gasteiger partial charge in [0.2, 0.25) is 0 Å². The van der Waals surface area contributed by atoms with Gasteiger partial charge in [-0.25, -0.2) is 0 Å². The first-order valence-electron chi connectivity index (χ1n) is 4.55. The Morgan fingerprint density at radius 1 is 1.53 bits per heavy atom. The van der Waals surface area contributed by atoms with Crippen LogP contribution in [0.4, 0.5) is 4.79 Å². The summed E-state index contributed by atoms with van der Waals surface area (Å²) in [4.78, 5) is 12.4. The highest BCUT2D eigenvalue weighted by atomic mass is 35.5. The number of hydrogen-bond acceptors (Lipinski definition) is 2. The number of halogens is 1. The van der Waals surface area contributed by atoms with Crippen LogP contribution in [0.5, 0.6) is 5.75 Å². The first kappa shape index (κ1) is 10.6. The van der Waals surface area contributed by atoms with Gasteiger partial charge in [0, 0.05) is 5.02 Å². The summed E-state index contributed by atoms with van der Waals surface area (Å²) in [5.41, 5.74) is 0. The average Bonchev–Trinajstić information content (AvgIpc) is 2.10. The number of hydrogen-bond donors (Lipinski definition) is 1. The van der Waals surface area contributed by atoms with Gasteiger partial charge in [0.1, 0.15) is 11.9 Å². The molecule has 3 nitrogen and oxygen atoms in total. The molecule has 0 spiro atoms. The summed E-state index contributed by atoms with van der Waals surface area (Å²) in [6.45, 7) is 1.18. The summed E-state index contributed by atoms with van der Waals surface area (Å²) in [5, 5.41) is 0.440. The monoisotopic (exact) mass is 243 g/mol. The number of carbonyl (C=O) groups is 1. The zero-order chi connectivity index (χ0) is 10.8. The second-order valence-corrected chi connectivity index (χ2v) is 4.20. The molecule has 0 aliphatic carbocycles. The van der Waals surface area contributed by atoms with Crippen molar-refractivity contribution in [3.8, 4) is 5.75 Å². The molecule has 1 saturated heterocycles. The van der Waals surface area contributed by atoms with Gasteiger partial charge in [-0.1, -0.05) is 30.3 Å². The molecule has 0 aromatic heterocycles. The molecule has 2 rings (SSSR count). The first-order chi connectivity index (χ1) is 7.15. The molecule has 0 atom stereocenters. The summed E-state index contributed by atoms with van der Waals surface area (Å²) in [7, 11) is 0. The largest absolute Gasteiger partial charge is 0.487 e. The Morgan fingerprint density at radius 2 is 2.27 bits per heavy atom. The van der Waals surface area contributed by atoms with Gasteiger partial charge in [-0.2, -0.15) is 0 Å². The van der Waals surface area contributed by atoms with E-state index in [1.165, 1.54) is 0 Å². The summed E-state index contributed by atoms with van der Waals surface area (Å²) in [6, 6.07) is 7.22. The third-order valence-electron chi connectivity index (χ3n) is 2.22. The fourth-order valence-electron chi connectivity index (χ4n) is 1.40. The maximum atomic E-state index is 10.8. The fourth-order valence-corrected chi connectivity index (χ4v) is 1.75. The lowest BCUT2D eigenvalue weighted by Gasteiger charge is -2.37. The number of amides is 1. The van der Waals surface area contributed by atoms with Crippen LogP contribution < -0.4 is 4.74 Å². The number of ether oxygens (including phenoxy) is 1. The molecule has 0 N–H and O–H groups in total. The van der Waals surface area contributed by atoms with Crippen molar-refractivity contribution in [1.82, 2.24) is 4.90 Å². The van der Waals surface area contributed by atoms with Crippen molar-refractivity contribution in [1.29, 1.82) is 0 Å². The lowest BCUT2D eigenvalue weighted by molar-refractivity contribution is 0.0538. The van der Waals surface area contributed by atoms with Crippen molar-refractivity contribution < 1.29 is 9.53 Å². The van der Waals surface area contributed by atoms with Crippen LogP contribution in [0.3, 0.4) is 0 Å². The average molecular weight is 244 g/mol. The second-order valence-electron chi connectivity index (χ2n) is 3.38. The Kier molecular flexibility index (Phi) is 3.07. The zero-order valence-corrected chi connectivity index (χ0v) is 9.54. The zero-order valence-electron chi connectivity index (χ0n) is 7.89. The van der Waals surface area contributed by atoms with Crippen molar-refractivity contribution in [2.45, 2.75) is 6.10 Å². The fraction of sp³-hybridized carbons (Fsp3) is 0.300. The lowest BCUT2D eigenvalue weighted by Crippen LogP contribution is -2.54. The molecule has 0 saturated carbocycles. The van der Waals surface area contributed by atoms with Crippen molar-refractivity contribution in [2.24, 2.45) is 0 Å². The molecule has 1 aliphatic rings. The number of benzene rings is 1. The molecule has 5 heteroatoms. The molecule has 80 valence electrons. The molecule has 1 aliphatic heterocycles. The number of nitrogens with zero attached hydrogens (tertiary/aromatic N) is 1. The minimum absolute atomic E-state index is 0.0552. The second kappa shape index (κ2) is 4.33. The van der Waals surface area contributed by atoms with E-state index in [9.17, 15) is 4.79 Å². The standard InChI is InChI=1S/C10H10ClNO2S/c11-7-2-1-3-8(4-7)14-9-5-12(6-9)10(13)15/h1-4,9H,5-6H2,(H,13,15). The Balaban J connectivity index is 1.87. The highest BCUT2D eigenvalue weighted by molar-refractivity contribution is 7.96. The van der Waals surface area contributed by atoms with Crippen molar-refractivity contribution in [3.05, 3.63) is 29.3 Å². The maximum absolute atomic E-state index is 10.8. The van der Waals surface area contributed by atoms with E-state index in [1.807, 2.05) is 12.1 Å². The first-order valence-corrected chi connectivity index (χ1v) is 5.38. The molecular formula is C10H10ClNO2S. The lowest BCUT2D eigenvalue weighted by atomic mass is 10.2. The van der Waals surface area contributed by atoms with E-state index in [0.717, 1.165) is 5.75 Å². The molecule has 0 unspecified atom stereocenters. The number of carbonyl (C=O) groups excluding carboxylic acids is 1. The molecule has 0 bridgehead atoms. The molecular weight excluding hydrogens is 234 g/mol. The Labute approximate surface area is 98.4 Å². The van der Waals surface area contributed by atoms with Crippen LogP contribution in [0.2, 0.25) is 5.02 Å². The van der Waals surface area contributed by atoms with Gasteiger partial charge in [-0.05, 0) is 18.2 Å². The van der Waals surface area contributed by atoms with E-state index < -0.39 is 0 Å². The van der Waals surface area contributed by atoms with Gasteiger partial charge in [-0.15, -0.1) is 0 Å². The van der Waals surface area contributed by atoms with Crippen LogP contribution in [-0.4, -0.2) is 29.3 Å². The van der Waals surface area contributed by atoms with Crippen LogP contribution >= 0.6 is 24.2 Å². The van der Waals surface area contributed by atoms with Gasteiger partial charge in [0.15, 0.2) is 0 Å². The highest BCUT2D eigenvalue weighted by Crippen LogP contribution is 2.21. The molecule has 15 heavy (non-hydrogen) atoms. The Morgan fingerprint density at radius 3 is 2.87 bits per heavy atom. The van der Waals surface area contributed by atoms with E-state index in [1.54, 1.807) is 17.0 Å². The summed E-state index contributed by atoms with van der Waals surface area (Å²) < 4.78 is 5.60. The van der Waals surface area contributed by atoms with Crippen LogP contribution in [0.1, 0.15) is 0 Å². The molecule has 1 heterocycles. The van der Waals surface area contributed by atoms with Gasteiger partial charge in [0.05, 0.1) is 13.1 Å². The molecule has 0 radical (unpaired) electrons. The topological polar surface area (TPSA) is 29.5 Å². The quantitative estimate of drug-likeness (QED) is 0.809. The highest BCUT2D eigenvalue weighted by Gasteiger charge is 2.30. The van der Waals surface area contributed by atoms with Crippen LogP contribution in [0.25, 0.3) is 0 Å². The van der Waals surface area contributed by atoms with Crippen LogP contribution in [-0.2, 0) is 0 Å². The summed E-state index contributed by atoms with van der Waals surface area (Å²) >= 11 is 9.53. The smallest absolute Gasteiger partial charge is 0.278 e. The summed E-state index contributed by atoms with van der Waals surface area (Å²) in [5.74, 6) is 0.735. The van der Waals surface area contributed by atoms with Gasteiger partial charge < -0.3 is 9.64 Å². The predicted molar refractivity (Wildman–Crippen MR) is 61.8 cm³/mol. The predicted octanol–water partition coefficient (Wildman–Crippen LogP) is 2.45. The van der Waals surface area contributed by atoms with Gasteiger partial charge in [-0.3, -0.25) is 4.79 Å². The van der Waals surface area contributed by atoms with Gasteiger partial charge in [0.25, 0.3) is 5.24 Å². The van der Waals surface area contributed by atoms with Crippen molar-refractivity contribution in [3.63, 3.8) is 0 Å². The number of rotatable bonds is 2. The van der Waals surface area contributed by atoms with Crippen molar-refractivity contribution >= 4 is 29.5 Å². The third-order valence-corrected chi connectivity index (χ3v) is 2.74. The van der Waals surface area contributed by atoms with Gasteiger partial charge >= 0.3 is 0 Å². The van der Waals surface area contributed by atoms with E-state index in [-0.39, 0.29) is 11.3 Å². The van der Waals surface area contributed by atoms with E-state index in [2.05, 4.69) is 12.6 Å². The van der Waals surface area contributed by atoms with E-state index in [0.29, 0.717) is 18.1 Å². The van der Waals surface area contributed by atoms with E-state index >= 15 is 0 Å². The minimum Gasteiger partial charge on any atom is -0.487 e. The van der Waals surface area contributed by atoms with Crippen LogP contribution in [0, 0.1) is 0 Å². The number of thiol groups is 1. The summed E-state index contributed by atoms with van der Waals surface area (Å²) in [6.07, 6.45) is 0.0552. The minimum atomic E-state index is -0.207. The third kappa shape index (κ3) is 2.58. The van der Waals surface area contributed by atoms with E-state index in [4.69, 9.17) is 16.3 Å². The molecule has 1 fully saturated rings. The Bertz CT molecular complexity index is 379. The number of likely N-dealkylation sites (tertiary alicyclic amines) is 1. The molecule has 1 amide bonds. The normalized spacial score (nSPS) is 16.0. The molecule has 1 aromatic rings. The Hall–Kier alpha value is -0.870. The van der Waals surface area contributed by atoms with Crippen LogP contribution in [0.15, 0.2) is 24.3 Å². The SMILES string of the molecule is O=C(S)N1CC(Oc2cccc(Cl)c2)C1. The van der Waals surface area contributed by atoms with Crippen molar-refractivity contribution in [2.75, 3.05) is 13.1 Å². The molecule has 1 aromatic carbocycles.